The normalized spacial score (nSPS) is 11.8. The Kier molecular flexibility index (Phi) is 7.23. The Morgan fingerprint density at radius 3 is 1.09 bits per heavy atom. The molecular formula is C55H33N3. The van der Waals surface area contributed by atoms with Crippen LogP contribution in [-0.2, 0) is 0 Å². The maximum atomic E-state index is 5.39. The number of nitrogens with zero attached hydrogens (tertiary/aromatic N) is 3. The molecule has 268 valence electrons. The van der Waals surface area contributed by atoms with Crippen molar-refractivity contribution in [1.29, 1.82) is 0 Å². The first-order valence-corrected chi connectivity index (χ1v) is 19.8. The van der Waals surface area contributed by atoms with Crippen molar-refractivity contribution in [2.45, 2.75) is 0 Å². The number of rotatable bonds is 5. The van der Waals surface area contributed by atoms with Crippen LogP contribution in [0.1, 0.15) is 0 Å². The van der Waals surface area contributed by atoms with Gasteiger partial charge in [0.1, 0.15) is 0 Å². The zero-order chi connectivity index (χ0) is 38.2. The number of hydrogen-bond acceptors (Lipinski definition) is 3. The third kappa shape index (κ3) is 5.04. The second-order valence-corrected chi connectivity index (χ2v) is 15.1. The SMILES string of the molecule is c1ccc(-c2ccccc2-c2nc(-c3cc4ccc5cccc6c7cccc8ccc9cccc(c(c3)c4c56)c9c87)nc(-c3ccccc3-c3ccccc3)n2)cc1. The predicted octanol–water partition coefficient (Wildman–Crippen LogP) is 14.6. The molecule has 0 radical (unpaired) electrons. The van der Waals surface area contributed by atoms with Gasteiger partial charge in [-0.05, 0) is 99.0 Å². The van der Waals surface area contributed by atoms with Crippen molar-refractivity contribution in [3.8, 4) is 56.4 Å². The van der Waals surface area contributed by atoms with Crippen molar-refractivity contribution >= 4 is 64.6 Å². The molecule has 0 aliphatic heterocycles. The molecule has 0 N–H and O–H groups in total. The monoisotopic (exact) mass is 735 g/mol. The lowest BCUT2D eigenvalue weighted by Crippen LogP contribution is -2.02. The summed E-state index contributed by atoms with van der Waals surface area (Å²) >= 11 is 0. The molecule has 0 unspecified atom stereocenters. The lowest BCUT2D eigenvalue weighted by atomic mass is 9.87. The fourth-order valence-corrected chi connectivity index (χ4v) is 9.25. The molecule has 12 aromatic rings. The van der Waals surface area contributed by atoms with E-state index in [0.29, 0.717) is 17.5 Å². The minimum Gasteiger partial charge on any atom is -0.208 e. The maximum Gasteiger partial charge on any atom is 0.164 e. The van der Waals surface area contributed by atoms with Crippen LogP contribution in [0, 0.1) is 0 Å². The van der Waals surface area contributed by atoms with Crippen molar-refractivity contribution in [3.05, 3.63) is 200 Å². The van der Waals surface area contributed by atoms with Crippen LogP contribution in [0.5, 0.6) is 0 Å². The molecule has 0 saturated carbocycles. The van der Waals surface area contributed by atoms with Crippen LogP contribution >= 0.6 is 0 Å². The molecule has 0 amide bonds. The van der Waals surface area contributed by atoms with Gasteiger partial charge in [0.15, 0.2) is 17.5 Å². The molecular weight excluding hydrogens is 703 g/mol. The Bertz CT molecular complexity index is 3450. The largest absolute Gasteiger partial charge is 0.208 e. The second kappa shape index (κ2) is 12.9. The minimum absolute atomic E-state index is 0.630. The van der Waals surface area contributed by atoms with Gasteiger partial charge in [-0.3, -0.25) is 0 Å². The fraction of sp³-hybridized carbons (Fsp3) is 0. The van der Waals surface area contributed by atoms with Crippen LogP contribution in [0.2, 0.25) is 0 Å². The Balaban J connectivity index is 1.21. The summed E-state index contributed by atoms with van der Waals surface area (Å²) in [5.41, 5.74) is 7.21. The quantitative estimate of drug-likeness (QED) is 0.165. The van der Waals surface area contributed by atoms with Gasteiger partial charge in [0.2, 0.25) is 0 Å². The zero-order valence-electron chi connectivity index (χ0n) is 31.4. The molecule has 0 fully saturated rings. The van der Waals surface area contributed by atoms with Crippen LogP contribution in [0.25, 0.3) is 121 Å². The summed E-state index contributed by atoms with van der Waals surface area (Å²) in [5, 5.41) is 14.8. The summed E-state index contributed by atoms with van der Waals surface area (Å²) in [5.74, 6) is 1.89. The van der Waals surface area contributed by atoms with Gasteiger partial charge in [0.25, 0.3) is 0 Å². The molecule has 0 aliphatic carbocycles. The van der Waals surface area contributed by atoms with Gasteiger partial charge in [-0.25, -0.2) is 15.0 Å². The summed E-state index contributed by atoms with van der Waals surface area (Å²) in [6.45, 7) is 0. The molecule has 1 aromatic heterocycles. The molecule has 11 aromatic carbocycles. The molecule has 0 atom stereocenters. The van der Waals surface area contributed by atoms with Crippen LogP contribution in [0.15, 0.2) is 200 Å². The number of hydrogen-bond donors (Lipinski definition) is 0. The van der Waals surface area contributed by atoms with E-state index in [2.05, 4.69) is 188 Å². The predicted molar refractivity (Wildman–Crippen MR) is 243 cm³/mol. The second-order valence-electron chi connectivity index (χ2n) is 15.1. The van der Waals surface area contributed by atoms with E-state index < -0.39 is 0 Å². The minimum atomic E-state index is 0.630. The van der Waals surface area contributed by atoms with Gasteiger partial charge < -0.3 is 0 Å². The average molecular weight is 736 g/mol. The van der Waals surface area contributed by atoms with E-state index in [1.54, 1.807) is 0 Å². The first-order valence-electron chi connectivity index (χ1n) is 19.8. The summed E-state index contributed by atoms with van der Waals surface area (Å²) in [4.78, 5) is 16.1. The van der Waals surface area contributed by atoms with Crippen LogP contribution in [0.4, 0.5) is 0 Å². The third-order valence-electron chi connectivity index (χ3n) is 11.8. The molecule has 1 heterocycles. The molecule has 3 heteroatoms. The van der Waals surface area contributed by atoms with Crippen molar-refractivity contribution in [2.24, 2.45) is 0 Å². The van der Waals surface area contributed by atoms with Crippen molar-refractivity contribution in [3.63, 3.8) is 0 Å². The lowest BCUT2D eigenvalue weighted by Gasteiger charge is -2.17. The smallest absolute Gasteiger partial charge is 0.164 e. The summed E-state index contributed by atoms with van der Waals surface area (Å²) in [7, 11) is 0. The standard InChI is InChI=1S/C55H33N3/c1-3-14-34(15-4-1)41-21-7-9-23-46(41)54-56-53(57-55(58-54)47-24-10-8-22-42(47)35-16-5-2-6-17-35)40-32-39-31-30-38-19-12-26-44-43-25-11-18-36-28-29-37-20-13-27-45(51(37)49(36)43)48(33-40)52(39)50(38)44/h1-33H. The van der Waals surface area contributed by atoms with E-state index >= 15 is 0 Å². The first-order chi connectivity index (χ1) is 28.8. The highest BCUT2D eigenvalue weighted by Crippen LogP contribution is 2.45. The highest BCUT2D eigenvalue weighted by molar-refractivity contribution is 6.37. The highest BCUT2D eigenvalue weighted by atomic mass is 15.0. The third-order valence-corrected chi connectivity index (χ3v) is 11.8. The first kappa shape index (κ1) is 32.5. The Hall–Kier alpha value is -7.75. The van der Waals surface area contributed by atoms with Gasteiger partial charge in [-0.1, -0.05) is 188 Å². The van der Waals surface area contributed by atoms with Gasteiger partial charge in [-0.15, -0.1) is 0 Å². The molecule has 0 spiro atoms. The van der Waals surface area contributed by atoms with E-state index in [9.17, 15) is 0 Å². The maximum absolute atomic E-state index is 5.39. The molecule has 12 rings (SSSR count). The van der Waals surface area contributed by atoms with Crippen molar-refractivity contribution in [2.75, 3.05) is 0 Å². The molecule has 0 aliphatic rings. The zero-order valence-corrected chi connectivity index (χ0v) is 31.4. The van der Waals surface area contributed by atoms with Gasteiger partial charge in [0, 0.05) is 16.7 Å². The summed E-state index contributed by atoms with van der Waals surface area (Å²) < 4.78 is 0. The fourth-order valence-electron chi connectivity index (χ4n) is 9.25. The molecule has 3 nitrogen and oxygen atoms in total. The Morgan fingerprint density at radius 1 is 0.224 bits per heavy atom. The number of aromatic nitrogens is 3. The van der Waals surface area contributed by atoms with Crippen LogP contribution in [-0.4, -0.2) is 15.0 Å². The van der Waals surface area contributed by atoms with Gasteiger partial charge in [-0.2, -0.15) is 0 Å². The molecule has 0 bridgehead atoms. The highest BCUT2D eigenvalue weighted by Gasteiger charge is 2.20. The van der Waals surface area contributed by atoms with Crippen molar-refractivity contribution < 1.29 is 0 Å². The molecule has 58 heavy (non-hydrogen) atoms. The summed E-state index contributed by atoms with van der Waals surface area (Å²) in [6, 6.07) is 71.7. The van der Waals surface area contributed by atoms with Gasteiger partial charge in [0.05, 0.1) is 0 Å². The molecule has 0 saturated heterocycles. The topological polar surface area (TPSA) is 38.7 Å². The van der Waals surface area contributed by atoms with Crippen molar-refractivity contribution in [1.82, 2.24) is 15.0 Å². The van der Waals surface area contributed by atoms with E-state index in [1.807, 2.05) is 12.1 Å². The number of fused-ring (bicyclic) bond motifs is 2. The lowest BCUT2D eigenvalue weighted by molar-refractivity contribution is 1.08. The van der Waals surface area contributed by atoms with Gasteiger partial charge >= 0.3 is 0 Å². The summed E-state index contributed by atoms with van der Waals surface area (Å²) in [6.07, 6.45) is 0. The van der Waals surface area contributed by atoms with E-state index in [1.165, 1.54) is 59.2 Å². The van der Waals surface area contributed by atoms with E-state index in [4.69, 9.17) is 15.0 Å². The van der Waals surface area contributed by atoms with Crippen LogP contribution < -0.4 is 0 Å². The van der Waals surface area contributed by atoms with Crippen LogP contribution in [0.3, 0.4) is 0 Å². The average Bonchev–Trinajstić information content (AvgIpc) is 3.30. The Labute approximate surface area is 334 Å². The Morgan fingerprint density at radius 2 is 0.603 bits per heavy atom. The van der Waals surface area contributed by atoms with E-state index in [-0.39, 0.29) is 0 Å². The van der Waals surface area contributed by atoms with E-state index in [0.717, 1.165) is 44.3 Å². The number of benzene rings is 10.